The number of benzene rings is 2. The number of carbonyl (C=O) groups is 2. The smallest absolute Gasteiger partial charge is 0.234 e. The third kappa shape index (κ3) is 8.87. The van der Waals surface area contributed by atoms with Crippen molar-refractivity contribution < 1.29 is 18.9 Å². The lowest BCUT2D eigenvalue weighted by molar-refractivity contribution is -0.134. The predicted octanol–water partition coefficient (Wildman–Crippen LogP) is 5.58. The van der Waals surface area contributed by atoms with Gasteiger partial charge in [0, 0.05) is 87.7 Å². The molecule has 2 amide bonds. The molecule has 2 aromatic heterocycles. The number of hydrogen-bond acceptors (Lipinski definition) is 12. The molecule has 0 saturated carbocycles. The van der Waals surface area contributed by atoms with Gasteiger partial charge in [0.05, 0.1) is 30.6 Å². The van der Waals surface area contributed by atoms with E-state index in [2.05, 4.69) is 63.8 Å². The van der Waals surface area contributed by atoms with E-state index in [-0.39, 0.29) is 17.7 Å². The summed E-state index contributed by atoms with van der Waals surface area (Å²) in [5.74, 6) is 0.693. The van der Waals surface area contributed by atoms with Crippen LogP contribution in [0.15, 0.2) is 67.1 Å². The van der Waals surface area contributed by atoms with Crippen molar-refractivity contribution in [3.05, 3.63) is 83.3 Å². The van der Waals surface area contributed by atoms with Crippen LogP contribution < -0.4 is 30.9 Å². The van der Waals surface area contributed by atoms with Gasteiger partial charge >= 0.3 is 0 Å². The van der Waals surface area contributed by atoms with Crippen molar-refractivity contribution in [2.45, 2.75) is 44.2 Å². The fourth-order valence-corrected chi connectivity index (χ4v) is 8.92. The minimum Gasteiger partial charge on any atom is -0.494 e. The first kappa shape index (κ1) is 37.8. The molecule has 284 valence electrons. The molecule has 0 aliphatic carbocycles. The minimum atomic E-state index is -2.54. The van der Waals surface area contributed by atoms with Crippen LogP contribution in [0.1, 0.15) is 42.7 Å². The molecule has 3 saturated heterocycles. The number of piperazine rings is 1. The number of aromatic nitrogens is 3. The van der Waals surface area contributed by atoms with Gasteiger partial charge in [-0.05, 0) is 68.0 Å². The Morgan fingerprint density at radius 3 is 2.44 bits per heavy atom. The van der Waals surface area contributed by atoms with Crippen molar-refractivity contribution in [2.75, 3.05) is 75.2 Å². The van der Waals surface area contributed by atoms with Crippen molar-refractivity contribution in [2.24, 2.45) is 0 Å². The highest BCUT2D eigenvalue weighted by Gasteiger charge is 2.30. The van der Waals surface area contributed by atoms with Gasteiger partial charge in [-0.2, -0.15) is 4.98 Å². The largest absolute Gasteiger partial charge is 0.494 e. The monoisotopic (exact) mass is 771 g/mol. The SMILES string of the molecule is COc1cc(N2CCC(N3CCN(Cc4cncc(C5CCC(=O)NC5=O)c4)CC3)CC2)ccc1Nc1ncc(Cl)c(Nc2ccccc2P(C)(C)=O)n1. The van der Waals surface area contributed by atoms with E-state index < -0.39 is 7.14 Å². The van der Waals surface area contributed by atoms with Crippen molar-refractivity contribution in [3.63, 3.8) is 0 Å². The normalized spacial score (nSPS) is 19.0. The molecular weight excluding hydrogens is 725 g/mol. The standard InChI is InChI=1S/C39H47ClN9O4P/c1-53-34-21-29(8-10-32(34)44-39-42-24-31(40)37(46-39)43-33-6-4-5-7-35(33)54(2,3)52)48-14-12-28(13-15-48)49-18-16-47(17-19-49)25-26-20-27(23-41-22-26)30-9-11-36(50)45-38(30)51/h4-8,10,20-24,28,30H,9,11-19,25H2,1-3H3,(H,45,50,51)(H2,42,43,44,46). The molecule has 7 rings (SSSR count). The molecule has 15 heteroatoms. The molecule has 3 aliphatic heterocycles. The first-order valence-corrected chi connectivity index (χ1v) is 21.4. The van der Waals surface area contributed by atoms with Crippen LogP contribution in [0.2, 0.25) is 5.02 Å². The Balaban J connectivity index is 0.915. The van der Waals surface area contributed by atoms with Crippen molar-refractivity contribution in [3.8, 4) is 5.75 Å². The number of halogens is 1. The quantitative estimate of drug-likeness (QED) is 0.129. The Labute approximate surface area is 321 Å². The number of nitrogens with zero attached hydrogens (tertiary/aromatic N) is 6. The number of anilines is 5. The number of carbonyl (C=O) groups excluding carboxylic acids is 2. The second kappa shape index (κ2) is 16.4. The number of nitrogens with one attached hydrogen (secondary N) is 3. The molecule has 3 fully saturated rings. The number of pyridine rings is 1. The first-order chi connectivity index (χ1) is 26.0. The van der Waals surface area contributed by atoms with Gasteiger partial charge in [0.15, 0.2) is 5.82 Å². The maximum atomic E-state index is 12.9. The molecule has 0 radical (unpaired) electrons. The van der Waals surface area contributed by atoms with Gasteiger partial charge in [0.25, 0.3) is 0 Å². The summed E-state index contributed by atoms with van der Waals surface area (Å²) in [6, 6.07) is 16.2. The Hall–Kier alpha value is -4.55. The van der Waals surface area contributed by atoms with E-state index in [9.17, 15) is 14.2 Å². The highest BCUT2D eigenvalue weighted by molar-refractivity contribution is 7.70. The van der Waals surface area contributed by atoms with Crippen LogP contribution in [0, 0.1) is 0 Å². The van der Waals surface area contributed by atoms with Crippen LogP contribution in [0.3, 0.4) is 0 Å². The molecule has 3 aliphatic rings. The average molecular weight is 772 g/mol. The van der Waals surface area contributed by atoms with Crippen molar-refractivity contribution in [1.29, 1.82) is 0 Å². The van der Waals surface area contributed by atoms with Gasteiger partial charge < -0.3 is 24.8 Å². The number of ether oxygens (including phenoxy) is 1. The number of imide groups is 1. The summed E-state index contributed by atoms with van der Waals surface area (Å²) in [4.78, 5) is 44.9. The van der Waals surface area contributed by atoms with E-state index in [1.807, 2.05) is 36.5 Å². The summed E-state index contributed by atoms with van der Waals surface area (Å²) in [7, 11) is -0.885. The fraction of sp³-hybridized carbons (Fsp3) is 0.410. The lowest BCUT2D eigenvalue weighted by Crippen LogP contribution is -2.53. The molecule has 13 nitrogen and oxygen atoms in total. The van der Waals surface area contributed by atoms with Crippen LogP contribution in [0.5, 0.6) is 5.75 Å². The summed E-state index contributed by atoms with van der Waals surface area (Å²) < 4.78 is 18.7. The maximum Gasteiger partial charge on any atom is 0.234 e. The lowest BCUT2D eigenvalue weighted by Gasteiger charge is -2.43. The molecule has 54 heavy (non-hydrogen) atoms. The van der Waals surface area contributed by atoms with Crippen molar-refractivity contribution >= 4 is 64.7 Å². The van der Waals surface area contributed by atoms with Gasteiger partial charge in [-0.25, -0.2) is 4.98 Å². The molecule has 4 aromatic rings. The molecule has 5 heterocycles. The highest BCUT2D eigenvalue weighted by Crippen LogP contribution is 2.39. The number of hydrogen-bond donors (Lipinski definition) is 3. The zero-order valence-corrected chi connectivity index (χ0v) is 32.6. The molecule has 0 spiro atoms. The van der Waals surface area contributed by atoms with Crippen LogP contribution in [0.4, 0.5) is 28.8 Å². The lowest BCUT2D eigenvalue weighted by atomic mass is 9.91. The van der Waals surface area contributed by atoms with E-state index >= 15 is 0 Å². The Morgan fingerprint density at radius 2 is 1.70 bits per heavy atom. The maximum absolute atomic E-state index is 12.9. The molecule has 3 N–H and O–H groups in total. The summed E-state index contributed by atoms with van der Waals surface area (Å²) in [6.07, 6.45) is 8.24. The van der Waals surface area contributed by atoms with Gasteiger partial charge in [-0.1, -0.05) is 29.8 Å². The second-order valence-corrected chi connectivity index (χ2v) is 18.1. The van der Waals surface area contributed by atoms with E-state index in [4.69, 9.17) is 16.3 Å². The second-order valence-electron chi connectivity index (χ2n) is 14.6. The number of amides is 2. The average Bonchev–Trinajstić information content (AvgIpc) is 3.16. The highest BCUT2D eigenvalue weighted by atomic mass is 35.5. The van der Waals surface area contributed by atoms with Crippen LogP contribution in [0.25, 0.3) is 0 Å². The number of rotatable bonds is 11. The zero-order valence-electron chi connectivity index (χ0n) is 30.9. The summed E-state index contributed by atoms with van der Waals surface area (Å²) in [5, 5.41) is 10.1. The third-order valence-electron chi connectivity index (χ3n) is 10.5. The summed E-state index contributed by atoms with van der Waals surface area (Å²) in [6.45, 7) is 10.2. The third-order valence-corrected chi connectivity index (χ3v) is 12.4. The molecule has 1 unspecified atom stereocenters. The molecule has 0 bridgehead atoms. The molecule has 1 atom stereocenters. The van der Waals surface area contributed by atoms with Gasteiger partial charge in [-0.15, -0.1) is 0 Å². The minimum absolute atomic E-state index is 0.201. The van der Waals surface area contributed by atoms with Gasteiger partial charge in [-0.3, -0.25) is 29.7 Å². The van der Waals surface area contributed by atoms with E-state index in [0.717, 1.165) is 86.5 Å². The topological polar surface area (TPSA) is 145 Å². The Bertz CT molecular complexity index is 2050. The molecule has 2 aromatic carbocycles. The molecular formula is C39H47ClN9O4P. The van der Waals surface area contributed by atoms with Gasteiger partial charge in [0.1, 0.15) is 17.9 Å². The van der Waals surface area contributed by atoms with E-state index in [1.54, 1.807) is 26.6 Å². The summed E-state index contributed by atoms with van der Waals surface area (Å²) >= 11 is 6.47. The Morgan fingerprint density at radius 1 is 0.926 bits per heavy atom. The summed E-state index contributed by atoms with van der Waals surface area (Å²) in [5.41, 5.74) is 4.51. The van der Waals surface area contributed by atoms with Gasteiger partial charge in [0.2, 0.25) is 17.8 Å². The van der Waals surface area contributed by atoms with Crippen LogP contribution >= 0.6 is 18.7 Å². The van der Waals surface area contributed by atoms with Crippen LogP contribution in [-0.4, -0.2) is 102 Å². The van der Waals surface area contributed by atoms with Crippen molar-refractivity contribution in [1.82, 2.24) is 30.1 Å². The van der Waals surface area contributed by atoms with E-state index in [1.165, 1.54) is 6.20 Å². The number of piperidine rings is 2. The predicted molar refractivity (Wildman–Crippen MR) is 214 cm³/mol. The van der Waals surface area contributed by atoms with E-state index in [0.29, 0.717) is 47.1 Å². The number of methoxy groups -OCH3 is 1. The first-order valence-electron chi connectivity index (χ1n) is 18.4. The number of para-hydroxylation sites is 1. The fourth-order valence-electron chi connectivity index (χ4n) is 7.62. The van der Waals surface area contributed by atoms with Crippen LogP contribution in [-0.2, 0) is 20.7 Å². The Kier molecular flexibility index (Phi) is 11.5. The zero-order chi connectivity index (χ0) is 37.8.